The third-order valence-electron chi connectivity index (χ3n) is 5.02. The second-order valence-corrected chi connectivity index (χ2v) is 9.50. The van der Waals surface area contributed by atoms with Crippen LogP contribution in [0.2, 0.25) is 0 Å². The minimum Gasteiger partial charge on any atom is -0.491 e. The van der Waals surface area contributed by atoms with Crippen molar-refractivity contribution >= 4 is 35.0 Å². The number of fused-ring (bicyclic) bond motifs is 2. The van der Waals surface area contributed by atoms with E-state index in [1.807, 2.05) is 18.2 Å². The van der Waals surface area contributed by atoms with Crippen molar-refractivity contribution in [1.29, 1.82) is 0 Å². The third kappa shape index (κ3) is 3.94. The fourth-order valence-corrected chi connectivity index (χ4v) is 6.22. The number of nitrogens with one attached hydrogen (secondary N) is 1. The van der Waals surface area contributed by atoms with E-state index in [1.54, 1.807) is 20.4 Å². The van der Waals surface area contributed by atoms with Gasteiger partial charge in [0.1, 0.15) is 23.3 Å². The van der Waals surface area contributed by atoms with Gasteiger partial charge >= 0.3 is 5.69 Å². The van der Waals surface area contributed by atoms with Crippen molar-refractivity contribution in [2.24, 2.45) is 0 Å². The fourth-order valence-electron chi connectivity index (χ4n) is 3.63. The molecular formula is C20H25N3O5S2. The second-order valence-electron chi connectivity index (χ2n) is 7.06. The van der Waals surface area contributed by atoms with Gasteiger partial charge in [0.15, 0.2) is 5.82 Å². The largest absolute Gasteiger partial charge is 0.491 e. The summed E-state index contributed by atoms with van der Waals surface area (Å²) >= 11 is 2.98. The SMILES string of the molecule is CCCOc1cccc2c1Nc1nc(=O)n([C@@H]3S[C@H](COC)C(OC)[C@@H]3O)cc1S2. The van der Waals surface area contributed by atoms with Crippen molar-refractivity contribution in [3.63, 3.8) is 0 Å². The minimum atomic E-state index is -0.847. The first-order chi connectivity index (χ1) is 14.6. The number of nitrogens with zero attached hydrogens (tertiary/aromatic N) is 2. The van der Waals surface area contributed by atoms with Crippen LogP contribution < -0.4 is 15.7 Å². The van der Waals surface area contributed by atoms with Gasteiger partial charge in [-0.1, -0.05) is 24.8 Å². The molecule has 0 aliphatic carbocycles. The summed E-state index contributed by atoms with van der Waals surface area (Å²) < 4.78 is 18.0. The second kappa shape index (κ2) is 9.19. The maximum absolute atomic E-state index is 12.8. The van der Waals surface area contributed by atoms with E-state index in [4.69, 9.17) is 14.2 Å². The van der Waals surface area contributed by atoms with Crippen LogP contribution in [-0.2, 0) is 9.47 Å². The predicted molar refractivity (Wildman–Crippen MR) is 117 cm³/mol. The van der Waals surface area contributed by atoms with Crippen molar-refractivity contribution in [2.75, 3.05) is 32.8 Å². The summed E-state index contributed by atoms with van der Waals surface area (Å²) in [4.78, 5) is 18.9. The third-order valence-corrected chi connectivity index (χ3v) is 7.64. The number of methoxy groups -OCH3 is 2. The highest BCUT2D eigenvalue weighted by Gasteiger charge is 2.45. The average molecular weight is 452 g/mol. The van der Waals surface area contributed by atoms with E-state index in [0.29, 0.717) is 19.0 Å². The number of rotatable bonds is 7. The van der Waals surface area contributed by atoms with E-state index in [1.165, 1.54) is 28.1 Å². The van der Waals surface area contributed by atoms with Crippen LogP contribution in [0.1, 0.15) is 18.7 Å². The lowest BCUT2D eigenvalue weighted by molar-refractivity contribution is -0.0211. The molecule has 30 heavy (non-hydrogen) atoms. The lowest BCUT2D eigenvalue weighted by Gasteiger charge is -2.24. The van der Waals surface area contributed by atoms with Crippen LogP contribution in [0.5, 0.6) is 5.75 Å². The predicted octanol–water partition coefficient (Wildman–Crippen LogP) is 2.88. The standard InChI is InChI=1S/C20H25N3O5S2/c1-4-8-28-11-6-5-7-12-15(11)21-18-13(29-12)9-23(20(25)22-18)19-16(24)17(27-3)14(30-19)10-26-2/h5-7,9,14,16-17,19,24H,4,8,10H2,1-3H3,(H,21,22,25)/t14-,16+,17?,19-/m1/s1. The molecule has 1 saturated heterocycles. The van der Waals surface area contributed by atoms with Gasteiger partial charge in [0.2, 0.25) is 0 Å². The molecule has 2 aromatic rings. The number of hydrogen-bond donors (Lipinski definition) is 2. The van der Waals surface area contributed by atoms with Gasteiger partial charge in [-0.2, -0.15) is 4.98 Å². The first-order valence-electron chi connectivity index (χ1n) is 9.76. The Hall–Kier alpha value is -1.72. The average Bonchev–Trinajstić information content (AvgIpc) is 3.05. The number of ether oxygens (including phenoxy) is 3. The number of anilines is 2. The molecule has 1 fully saturated rings. The summed E-state index contributed by atoms with van der Waals surface area (Å²) in [5.74, 6) is 1.24. The summed E-state index contributed by atoms with van der Waals surface area (Å²) in [6.07, 6.45) is 1.39. The quantitative estimate of drug-likeness (QED) is 0.562. The molecule has 2 N–H and O–H groups in total. The smallest absolute Gasteiger partial charge is 0.350 e. The lowest BCUT2D eigenvalue weighted by atomic mass is 10.1. The zero-order chi connectivity index (χ0) is 21.3. The molecule has 1 aromatic carbocycles. The maximum Gasteiger partial charge on any atom is 0.350 e. The van der Waals surface area contributed by atoms with Gasteiger partial charge in [-0.05, 0) is 18.6 Å². The van der Waals surface area contributed by atoms with Crippen LogP contribution in [0.4, 0.5) is 11.5 Å². The molecule has 0 amide bonds. The molecule has 0 bridgehead atoms. The highest BCUT2D eigenvalue weighted by molar-refractivity contribution is 8.00. The molecule has 0 saturated carbocycles. The van der Waals surface area contributed by atoms with Crippen molar-refractivity contribution in [3.05, 3.63) is 34.9 Å². The van der Waals surface area contributed by atoms with Crippen LogP contribution in [0.3, 0.4) is 0 Å². The number of thioether (sulfide) groups is 1. The van der Waals surface area contributed by atoms with Crippen LogP contribution >= 0.6 is 23.5 Å². The summed E-state index contributed by atoms with van der Waals surface area (Å²) in [5.41, 5.74) is 0.393. The molecule has 4 rings (SSSR count). The Labute approximate surface area is 183 Å². The van der Waals surface area contributed by atoms with Crippen molar-refractivity contribution in [1.82, 2.24) is 9.55 Å². The Balaban J connectivity index is 1.64. The summed E-state index contributed by atoms with van der Waals surface area (Å²) in [5, 5.41) is 13.5. The molecule has 4 atom stereocenters. The van der Waals surface area contributed by atoms with Crippen LogP contribution in [0.15, 0.2) is 39.0 Å². The molecule has 2 aliphatic heterocycles. The molecule has 8 nitrogen and oxygen atoms in total. The van der Waals surface area contributed by atoms with Crippen molar-refractivity contribution < 1.29 is 19.3 Å². The van der Waals surface area contributed by atoms with Crippen molar-refractivity contribution in [3.8, 4) is 5.75 Å². The Bertz CT molecular complexity index is 970. The Morgan fingerprint density at radius 3 is 2.87 bits per heavy atom. The molecule has 3 heterocycles. The highest BCUT2D eigenvalue weighted by Crippen LogP contribution is 2.48. The van der Waals surface area contributed by atoms with Gasteiger partial charge in [0.05, 0.1) is 29.0 Å². The van der Waals surface area contributed by atoms with Crippen LogP contribution in [0.25, 0.3) is 0 Å². The van der Waals surface area contributed by atoms with Crippen LogP contribution in [0, 0.1) is 0 Å². The topological polar surface area (TPSA) is 94.8 Å². The molecule has 1 unspecified atom stereocenters. The number of para-hydroxylation sites is 1. The normalized spacial score (nSPS) is 24.8. The van der Waals surface area contributed by atoms with Gasteiger partial charge in [-0.25, -0.2) is 4.79 Å². The number of aliphatic hydroxyl groups is 1. The fraction of sp³-hybridized carbons (Fsp3) is 0.500. The van der Waals surface area contributed by atoms with Gasteiger partial charge in [-0.3, -0.25) is 4.57 Å². The summed E-state index contributed by atoms with van der Waals surface area (Å²) in [6.45, 7) is 3.09. The lowest BCUT2D eigenvalue weighted by Crippen LogP contribution is -2.37. The number of aliphatic hydroxyl groups excluding tert-OH is 1. The molecule has 1 aromatic heterocycles. The number of aromatic nitrogens is 2. The van der Waals surface area contributed by atoms with E-state index >= 15 is 0 Å². The van der Waals surface area contributed by atoms with E-state index in [9.17, 15) is 9.90 Å². The first kappa shape index (κ1) is 21.5. The molecule has 0 radical (unpaired) electrons. The molecule has 2 aliphatic rings. The van der Waals surface area contributed by atoms with Gasteiger partial charge < -0.3 is 24.6 Å². The summed E-state index contributed by atoms with van der Waals surface area (Å²) in [7, 11) is 3.17. The Morgan fingerprint density at radius 1 is 1.30 bits per heavy atom. The van der Waals surface area contributed by atoms with Crippen molar-refractivity contribution in [2.45, 2.75) is 46.0 Å². The zero-order valence-corrected chi connectivity index (χ0v) is 18.7. The Morgan fingerprint density at radius 2 is 2.13 bits per heavy atom. The number of hydrogen-bond acceptors (Lipinski definition) is 9. The van der Waals surface area contributed by atoms with E-state index in [-0.39, 0.29) is 5.25 Å². The first-order valence-corrected chi connectivity index (χ1v) is 11.5. The summed E-state index contributed by atoms with van der Waals surface area (Å²) in [6, 6.07) is 5.85. The van der Waals surface area contributed by atoms with Crippen LogP contribution in [-0.4, -0.2) is 59.5 Å². The minimum absolute atomic E-state index is 0.0762. The highest BCUT2D eigenvalue weighted by atomic mass is 32.2. The molecule has 162 valence electrons. The maximum atomic E-state index is 12.8. The molecular weight excluding hydrogens is 426 g/mol. The van der Waals surface area contributed by atoms with E-state index in [2.05, 4.69) is 17.2 Å². The molecule has 0 spiro atoms. The monoisotopic (exact) mass is 451 g/mol. The van der Waals surface area contributed by atoms with Gasteiger partial charge in [0.25, 0.3) is 0 Å². The number of benzene rings is 1. The Kier molecular flexibility index (Phi) is 6.59. The van der Waals surface area contributed by atoms with Gasteiger partial charge in [-0.15, -0.1) is 11.8 Å². The zero-order valence-electron chi connectivity index (χ0n) is 17.0. The van der Waals surface area contributed by atoms with E-state index in [0.717, 1.165) is 27.6 Å². The van der Waals surface area contributed by atoms with E-state index < -0.39 is 23.3 Å². The van der Waals surface area contributed by atoms with Gasteiger partial charge in [0, 0.05) is 25.3 Å². The molecule has 10 heteroatoms.